The second kappa shape index (κ2) is 5.47. The van der Waals surface area contributed by atoms with Crippen LogP contribution in [0.3, 0.4) is 0 Å². The molecule has 0 aromatic heterocycles. The summed E-state index contributed by atoms with van der Waals surface area (Å²) in [7, 11) is -3.43. The third kappa shape index (κ3) is 3.40. The van der Waals surface area contributed by atoms with Gasteiger partial charge in [0.2, 0.25) is 10.0 Å². The minimum atomic E-state index is -3.43. The van der Waals surface area contributed by atoms with Gasteiger partial charge in [0, 0.05) is 12.1 Å². The topological polar surface area (TPSA) is 58.2 Å². The Kier molecular flexibility index (Phi) is 4.23. The number of nitrogens with one attached hydrogen (secondary N) is 2. The minimum Gasteiger partial charge on any atom is -0.313 e. The second-order valence-electron chi connectivity index (χ2n) is 5.99. The number of hydrogen-bond donors (Lipinski definition) is 2. The molecular weight excluding hydrogens is 272 g/mol. The van der Waals surface area contributed by atoms with E-state index in [9.17, 15) is 8.42 Å². The van der Waals surface area contributed by atoms with E-state index in [-0.39, 0.29) is 5.54 Å². The Labute approximate surface area is 122 Å². The van der Waals surface area contributed by atoms with Crippen LogP contribution in [0.15, 0.2) is 17.0 Å². The molecule has 0 unspecified atom stereocenters. The molecule has 1 aromatic rings. The Hall–Kier alpha value is -0.910. The van der Waals surface area contributed by atoms with Gasteiger partial charge in [0.05, 0.1) is 4.90 Å². The van der Waals surface area contributed by atoms with Crippen molar-refractivity contribution >= 4 is 10.0 Å². The molecule has 0 spiro atoms. The minimum absolute atomic E-state index is 0.238. The summed E-state index contributed by atoms with van der Waals surface area (Å²) < 4.78 is 27.8. The maximum Gasteiger partial charge on any atom is 0.241 e. The average Bonchev–Trinajstić information content (AvgIpc) is 3.04. The van der Waals surface area contributed by atoms with Gasteiger partial charge in [-0.1, -0.05) is 13.0 Å². The van der Waals surface area contributed by atoms with Gasteiger partial charge in [0.25, 0.3) is 0 Å². The highest BCUT2D eigenvalue weighted by molar-refractivity contribution is 7.89. The van der Waals surface area contributed by atoms with Gasteiger partial charge in [0.1, 0.15) is 0 Å². The molecule has 0 radical (unpaired) electrons. The molecule has 1 saturated carbocycles. The van der Waals surface area contributed by atoms with Gasteiger partial charge in [-0.3, -0.25) is 0 Å². The summed E-state index contributed by atoms with van der Waals surface area (Å²) in [5.41, 5.74) is 2.73. The van der Waals surface area contributed by atoms with E-state index < -0.39 is 10.0 Å². The van der Waals surface area contributed by atoms with E-state index in [0.717, 1.165) is 36.1 Å². The van der Waals surface area contributed by atoms with Gasteiger partial charge in [-0.2, -0.15) is 0 Å². The first-order valence-corrected chi connectivity index (χ1v) is 8.60. The maximum atomic E-state index is 12.5. The van der Waals surface area contributed by atoms with Crippen LogP contribution >= 0.6 is 0 Å². The summed E-state index contributed by atoms with van der Waals surface area (Å²) in [6.45, 7) is 9.43. The lowest BCUT2D eigenvalue weighted by molar-refractivity contribution is 0.557. The van der Waals surface area contributed by atoms with E-state index >= 15 is 0 Å². The number of benzene rings is 1. The first kappa shape index (κ1) is 15.5. The van der Waals surface area contributed by atoms with Gasteiger partial charge in [-0.05, 0) is 62.9 Å². The van der Waals surface area contributed by atoms with Crippen LogP contribution in [-0.2, 0) is 16.6 Å². The molecule has 2 rings (SSSR count). The molecule has 2 N–H and O–H groups in total. The number of sulfonamides is 1. The lowest BCUT2D eigenvalue weighted by Gasteiger charge is -2.16. The highest BCUT2D eigenvalue weighted by Crippen LogP contribution is 2.36. The zero-order valence-corrected chi connectivity index (χ0v) is 13.5. The molecule has 1 aliphatic carbocycles. The van der Waals surface area contributed by atoms with Crippen molar-refractivity contribution in [3.8, 4) is 0 Å². The van der Waals surface area contributed by atoms with Gasteiger partial charge in [-0.15, -0.1) is 0 Å². The fourth-order valence-electron chi connectivity index (χ4n) is 2.28. The van der Waals surface area contributed by atoms with E-state index in [1.807, 2.05) is 33.8 Å². The Bertz CT molecular complexity index is 605. The lowest BCUT2D eigenvalue weighted by Crippen LogP contribution is -2.34. The molecule has 0 aliphatic heterocycles. The highest BCUT2D eigenvalue weighted by atomic mass is 32.2. The molecule has 0 atom stereocenters. The maximum absolute atomic E-state index is 12.5. The van der Waals surface area contributed by atoms with Crippen LogP contribution in [0.2, 0.25) is 0 Å². The number of hydrogen-bond acceptors (Lipinski definition) is 3. The Balaban J connectivity index is 2.34. The molecule has 0 saturated heterocycles. The summed E-state index contributed by atoms with van der Waals surface area (Å²) >= 11 is 0. The van der Waals surface area contributed by atoms with Crippen molar-refractivity contribution in [2.75, 3.05) is 6.54 Å². The van der Waals surface area contributed by atoms with Crippen molar-refractivity contribution in [1.29, 1.82) is 0 Å². The molecule has 112 valence electrons. The monoisotopic (exact) mass is 296 g/mol. The van der Waals surface area contributed by atoms with Crippen molar-refractivity contribution in [1.82, 2.24) is 10.0 Å². The van der Waals surface area contributed by atoms with E-state index in [1.54, 1.807) is 6.07 Å². The number of rotatable bonds is 6. The molecule has 1 fully saturated rings. The molecule has 1 aromatic carbocycles. The lowest BCUT2D eigenvalue weighted by atomic mass is 10.1. The SMILES string of the molecule is CCNCc1cc(S(=O)(=O)NC2(C)CC2)c(C)cc1C. The van der Waals surface area contributed by atoms with Crippen LogP contribution in [0.25, 0.3) is 0 Å². The Morgan fingerprint density at radius 1 is 1.20 bits per heavy atom. The van der Waals surface area contributed by atoms with Crippen molar-refractivity contribution in [2.45, 2.75) is 57.5 Å². The predicted molar refractivity (Wildman–Crippen MR) is 81.3 cm³/mol. The van der Waals surface area contributed by atoms with Crippen LogP contribution < -0.4 is 10.0 Å². The van der Waals surface area contributed by atoms with E-state index in [1.165, 1.54) is 0 Å². The third-order valence-electron chi connectivity index (χ3n) is 3.87. The van der Waals surface area contributed by atoms with Gasteiger partial charge >= 0.3 is 0 Å². The fourth-order valence-corrected chi connectivity index (χ4v) is 4.03. The van der Waals surface area contributed by atoms with Gasteiger partial charge in [-0.25, -0.2) is 13.1 Å². The Morgan fingerprint density at radius 2 is 1.85 bits per heavy atom. The summed E-state index contributed by atoms with van der Waals surface area (Å²) in [6, 6.07) is 3.76. The summed E-state index contributed by atoms with van der Waals surface area (Å²) in [6.07, 6.45) is 1.84. The third-order valence-corrected chi connectivity index (χ3v) is 5.65. The summed E-state index contributed by atoms with van der Waals surface area (Å²) in [5, 5.41) is 3.25. The van der Waals surface area contributed by atoms with Crippen LogP contribution in [0.5, 0.6) is 0 Å². The average molecular weight is 296 g/mol. The van der Waals surface area contributed by atoms with Gasteiger partial charge in [0.15, 0.2) is 0 Å². The molecular formula is C15H24N2O2S. The van der Waals surface area contributed by atoms with Crippen LogP contribution in [0.4, 0.5) is 0 Å². The predicted octanol–water partition coefficient (Wildman–Crippen LogP) is 2.24. The van der Waals surface area contributed by atoms with Crippen molar-refractivity contribution in [3.05, 3.63) is 28.8 Å². The molecule has 4 nitrogen and oxygen atoms in total. The smallest absolute Gasteiger partial charge is 0.241 e. The zero-order chi connectivity index (χ0) is 15.0. The largest absolute Gasteiger partial charge is 0.313 e. The highest BCUT2D eigenvalue weighted by Gasteiger charge is 2.41. The van der Waals surface area contributed by atoms with Crippen molar-refractivity contribution in [3.63, 3.8) is 0 Å². The first-order valence-electron chi connectivity index (χ1n) is 7.12. The molecule has 1 aliphatic rings. The standard InChI is InChI=1S/C15H24N2O2S/c1-5-16-10-13-9-14(12(3)8-11(13)2)20(18,19)17-15(4)6-7-15/h8-9,16-17H,5-7,10H2,1-4H3. The molecule has 0 bridgehead atoms. The summed E-state index contributed by atoms with van der Waals surface area (Å²) in [5.74, 6) is 0. The van der Waals surface area contributed by atoms with Crippen molar-refractivity contribution < 1.29 is 8.42 Å². The molecule has 0 heterocycles. The first-order chi connectivity index (χ1) is 9.27. The Morgan fingerprint density at radius 3 is 2.40 bits per heavy atom. The molecule has 5 heteroatoms. The quantitative estimate of drug-likeness (QED) is 0.846. The zero-order valence-electron chi connectivity index (χ0n) is 12.7. The van der Waals surface area contributed by atoms with E-state index in [0.29, 0.717) is 11.4 Å². The number of aryl methyl sites for hydroxylation is 2. The van der Waals surface area contributed by atoms with Crippen LogP contribution in [0.1, 0.15) is 43.4 Å². The van der Waals surface area contributed by atoms with E-state index in [2.05, 4.69) is 10.0 Å². The molecule has 0 amide bonds. The van der Waals surface area contributed by atoms with Crippen LogP contribution in [-0.4, -0.2) is 20.5 Å². The van der Waals surface area contributed by atoms with Crippen molar-refractivity contribution in [2.24, 2.45) is 0 Å². The fraction of sp³-hybridized carbons (Fsp3) is 0.600. The van der Waals surface area contributed by atoms with E-state index in [4.69, 9.17) is 0 Å². The second-order valence-corrected chi connectivity index (χ2v) is 7.64. The molecule has 20 heavy (non-hydrogen) atoms. The normalized spacial score (nSPS) is 17.2. The van der Waals surface area contributed by atoms with Crippen LogP contribution in [0, 0.1) is 13.8 Å². The summed E-state index contributed by atoms with van der Waals surface area (Å²) in [4.78, 5) is 0.407. The van der Waals surface area contributed by atoms with Gasteiger partial charge < -0.3 is 5.32 Å².